The summed E-state index contributed by atoms with van der Waals surface area (Å²) < 4.78 is 5.52. The molecule has 1 rings (SSSR count). The maximum Gasteiger partial charge on any atom is 0.0724 e. The molecule has 0 saturated carbocycles. The summed E-state index contributed by atoms with van der Waals surface area (Å²) in [6.45, 7) is 7.95. The fourth-order valence-electron chi connectivity index (χ4n) is 2.39. The van der Waals surface area contributed by atoms with Gasteiger partial charge in [0.05, 0.1) is 6.10 Å². The lowest BCUT2D eigenvalue weighted by Gasteiger charge is -2.36. The molecule has 3 nitrogen and oxygen atoms in total. The van der Waals surface area contributed by atoms with Gasteiger partial charge >= 0.3 is 0 Å². The van der Waals surface area contributed by atoms with Crippen LogP contribution in [0.25, 0.3) is 0 Å². The Balaban J connectivity index is 2.18. The van der Waals surface area contributed by atoms with Gasteiger partial charge in [-0.05, 0) is 44.7 Å². The molecule has 3 atom stereocenters. The van der Waals surface area contributed by atoms with E-state index in [2.05, 4.69) is 18.7 Å². The van der Waals surface area contributed by atoms with Gasteiger partial charge in [0.2, 0.25) is 0 Å². The van der Waals surface area contributed by atoms with E-state index < -0.39 is 0 Å². The summed E-state index contributed by atoms with van der Waals surface area (Å²) >= 11 is 0. The normalized spacial score (nSPS) is 29.2. The van der Waals surface area contributed by atoms with Gasteiger partial charge in [-0.25, -0.2) is 0 Å². The van der Waals surface area contributed by atoms with E-state index in [1.807, 2.05) is 7.11 Å². The average molecular weight is 228 g/mol. The molecule has 0 aromatic carbocycles. The standard InChI is InChI=1S/C13H28N2O/c1-4-12(14)6-5-8-15-9-7-11(2)13(10-15)16-3/h11-13H,4-10,14H2,1-3H3. The van der Waals surface area contributed by atoms with E-state index in [1.165, 1.54) is 25.9 Å². The molecule has 0 radical (unpaired) electrons. The van der Waals surface area contributed by atoms with Crippen molar-refractivity contribution in [2.75, 3.05) is 26.7 Å². The Kier molecular flexibility index (Phi) is 6.32. The monoisotopic (exact) mass is 228 g/mol. The van der Waals surface area contributed by atoms with Crippen molar-refractivity contribution in [3.63, 3.8) is 0 Å². The molecule has 0 aromatic rings. The van der Waals surface area contributed by atoms with Crippen molar-refractivity contribution in [3.05, 3.63) is 0 Å². The number of ether oxygens (including phenoxy) is 1. The Morgan fingerprint density at radius 1 is 1.50 bits per heavy atom. The molecule has 16 heavy (non-hydrogen) atoms. The molecule has 0 aliphatic carbocycles. The SMILES string of the molecule is CCC(N)CCCN1CCC(C)C(OC)C1. The fourth-order valence-corrected chi connectivity index (χ4v) is 2.39. The van der Waals surface area contributed by atoms with Crippen LogP contribution >= 0.6 is 0 Å². The topological polar surface area (TPSA) is 38.5 Å². The quantitative estimate of drug-likeness (QED) is 0.754. The zero-order chi connectivity index (χ0) is 12.0. The number of methoxy groups -OCH3 is 1. The number of rotatable bonds is 6. The molecule has 3 unspecified atom stereocenters. The smallest absolute Gasteiger partial charge is 0.0724 e. The maximum absolute atomic E-state index is 5.92. The van der Waals surface area contributed by atoms with Crippen LogP contribution in [0.4, 0.5) is 0 Å². The second kappa shape index (κ2) is 7.25. The van der Waals surface area contributed by atoms with Crippen molar-refractivity contribution in [2.45, 2.75) is 51.7 Å². The van der Waals surface area contributed by atoms with Gasteiger partial charge in [0.15, 0.2) is 0 Å². The van der Waals surface area contributed by atoms with Crippen molar-refractivity contribution in [1.29, 1.82) is 0 Å². The average Bonchev–Trinajstić information content (AvgIpc) is 2.31. The summed E-state index contributed by atoms with van der Waals surface area (Å²) in [6.07, 6.45) is 5.16. The summed E-state index contributed by atoms with van der Waals surface area (Å²) in [5.41, 5.74) is 5.92. The van der Waals surface area contributed by atoms with Crippen LogP contribution in [-0.4, -0.2) is 43.8 Å². The van der Waals surface area contributed by atoms with Gasteiger partial charge in [-0.15, -0.1) is 0 Å². The Hall–Kier alpha value is -0.120. The highest BCUT2D eigenvalue weighted by Crippen LogP contribution is 2.19. The second-order valence-electron chi connectivity index (χ2n) is 5.15. The zero-order valence-electron chi connectivity index (χ0n) is 11.1. The molecule has 0 aromatic heterocycles. The molecular weight excluding hydrogens is 200 g/mol. The van der Waals surface area contributed by atoms with Crippen LogP contribution in [0.3, 0.4) is 0 Å². The molecule has 0 bridgehead atoms. The number of nitrogens with two attached hydrogens (primary N) is 1. The van der Waals surface area contributed by atoms with E-state index in [4.69, 9.17) is 10.5 Å². The minimum atomic E-state index is 0.391. The van der Waals surface area contributed by atoms with Crippen LogP contribution in [-0.2, 0) is 4.74 Å². The lowest BCUT2D eigenvalue weighted by Crippen LogP contribution is -2.44. The highest BCUT2D eigenvalue weighted by molar-refractivity contribution is 4.78. The van der Waals surface area contributed by atoms with Crippen LogP contribution in [0.2, 0.25) is 0 Å². The van der Waals surface area contributed by atoms with Crippen molar-refractivity contribution < 1.29 is 4.74 Å². The van der Waals surface area contributed by atoms with Gasteiger partial charge < -0.3 is 15.4 Å². The first-order valence-electron chi connectivity index (χ1n) is 6.68. The Bertz CT molecular complexity index is 187. The number of piperidine rings is 1. The highest BCUT2D eigenvalue weighted by Gasteiger charge is 2.25. The van der Waals surface area contributed by atoms with E-state index in [-0.39, 0.29) is 0 Å². The molecule has 3 heteroatoms. The Morgan fingerprint density at radius 2 is 2.25 bits per heavy atom. The molecule has 0 amide bonds. The molecule has 1 fully saturated rings. The summed E-state index contributed by atoms with van der Waals surface area (Å²) in [7, 11) is 1.83. The van der Waals surface area contributed by atoms with E-state index in [9.17, 15) is 0 Å². The van der Waals surface area contributed by atoms with Gasteiger partial charge in [0.1, 0.15) is 0 Å². The van der Waals surface area contributed by atoms with Crippen LogP contribution in [0.15, 0.2) is 0 Å². The minimum absolute atomic E-state index is 0.391. The molecule has 1 heterocycles. The maximum atomic E-state index is 5.92. The molecule has 2 N–H and O–H groups in total. The first-order valence-corrected chi connectivity index (χ1v) is 6.68. The predicted octanol–water partition coefficient (Wildman–Crippen LogP) is 1.86. The molecule has 0 spiro atoms. The van der Waals surface area contributed by atoms with E-state index >= 15 is 0 Å². The van der Waals surface area contributed by atoms with Crippen LogP contribution in [0.1, 0.15) is 39.5 Å². The van der Waals surface area contributed by atoms with E-state index in [0.29, 0.717) is 18.1 Å². The third-order valence-corrected chi connectivity index (χ3v) is 3.85. The largest absolute Gasteiger partial charge is 0.380 e. The third kappa shape index (κ3) is 4.40. The third-order valence-electron chi connectivity index (χ3n) is 3.85. The summed E-state index contributed by atoms with van der Waals surface area (Å²) in [6, 6.07) is 0.391. The number of likely N-dealkylation sites (tertiary alicyclic amines) is 1. The summed E-state index contributed by atoms with van der Waals surface area (Å²) in [5.74, 6) is 0.708. The van der Waals surface area contributed by atoms with Gasteiger partial charge in [0, 0.05) is 19.7 Å². The number of hydrogen-bond acceptors (Lipinski definition) is 3. The first kappa shape index (κ1) is 13.9. The van der Waals surface area contributed by atoms with E-state index in [1.54, 1.807) is 0 Å². The van der Waals surface area contributed by atoms with Gasteiger partial charge in [-0.1, -0.05) is 13.8 Å². The van der Waals surface area contributed by atoms with Crippen molar-refractivity contribution in [1.82, 2.24) is 4.90 Å². The number of nitrogens with zero attached hydrogens (tertiary/aromatic N) is 1. The Labute approximate surface area is 100 Å². The second-order valence-corrected chi connectivity index (χ2v) is 5.15. The molecule has 1 aliphatic rings. The molecule has 96 valence electrons. The lowest BCUT2D eigenvalue weighted by molar-refractivity contribution is -0.00533. The van der Waals surface area contributed by atoms with Gasteiger partial charge in [0.25, 0.3) is 0 Å². The predicted molar refractivity (Wildman–Crippen MR) is 68.5 cm³/mol. The Morgan fingerprint density at radius 3 is 2.88 bits per heavy atom. The van der Waals surface area contributed by atoms with Crippen molar-refractivity contribution >= 4 is 0 Å². The van der Waals surface area contributed by atoms with Crippen molar-refractivity contribution in [2.24, 2.45) is 11.7 Å². The van der Waals surface area contributed by atoms with Crippen LogP contribution in [0.5, 0.6) is 0 Å². The van der Waals surface area contributed by atoms with Crippen LogP contribution in [0, 0.1) is 5.92 Å². The van der Waals surface area contributed by atoms with Crippen molar-refractivity contribution in [3.8, 4) is 0 Å². The molecular formula is C13H28N2O. The van der Waals surface area contributed by atoms with Gasteiger partial charge in [-0.3, -0.25) is 0 Å². The first-order chi connectivity index (χ1) is 7.67. The molecule has 1 saturated heterocycles. The lowest BCUT2D eigenvalue weighted by atomic mass is 9.95. The zero-order valence-corrected chi connectivity index (χ0v) is 11.1. The highest BCUT2D eigenvalue weighted by atomic mass is 16.5. The molecule has 1 aliphatic heterocycles. The number of hydrogen-bond donors (Lipinski definition) is 1. The summed E-state index contributed by atoms with van der Waals surface area (Å²) in [5, 5.41) is 0. The summed E-state index contributed by atoms with van der Waals surface area (Å²) in [4.78, 5) is 2.52. The van der Waals surface area contributed by atoms with Crippen LogP contribution < -0.4 is 5.73 Å². The van der Waals surface area contributed by atoms with Gasteiger partial charge in [-0.2, -0.15) is 0 Å². The fraction of sp³-hybridized carbons (Fsp3) is 1.00. The van der Waals surface area contributed by atoms with E-state index in [0.717, 1.165) is 19.4 Å². The minimum Gasteiger partial charge on any atom is -0.380 e.